The van der Waals surface area contributed by atoms with Crippen LogP contribution in [0.25, 0.3) is 0 Å². The van der Waals surface area contributed by atoms with Gasteiger partial charge in [-0.3, -0.25) is 17.7 Å². The zero-order valence-electron chi connectivity index (χ0n) is 10.4. The van der Waals surface area contributed by atoms with Crippen LogP contribution in [0.15, 0.2) is 12.4 Å². The Morgan fingerprint density at radius 3 is 2.33 bits per heavy atom. The number of carbonyl (C=O) groups is 1. The van der Waals surface area contributed by atoms with Gasteiger partial charge in [0, 0.05) is 39.5 Å². The molecule has 1 aliphatic rings. The van der Waals surface area contributed by atoms with Crippen molar-refractivity contribution in [2.45, 2.75) is 13.3 Å². The standard InChI is InChI=1S/C9H17N3O.BF3.FH/c1-9(13)10-4-3-5-12-7-6-11(2)8-12;2-1(3)4;/h6-7H,3-5,8H2,1-2H3,(H,10,13);;1H/p-1. The lowest BCUT2D eigenvalue weighted by molar-refractivity contribution is -0.118. The van der Waals surface area contributed by atoms with E-state index >= 15 is 0 Å². The van der Waals surface area contributed by atoms with Gasteiger partial charge in [0.25, 0.3) is 0 Å². The first-order valence-electron chi connectivity index (χ1n) is 5.21. The minimum atomic E-state index is -3.67. The van der Waals surface area contributed by atoms with Gasteiger partial charge in [-0.15, -0.1) is 0 Å². The topological polar surface area (TPSA) is 35.6 Å². The van der Waals surface area contributed by atoms with Crippen molar-refractivity contribution in [3.63, 3.8) is 0 Å². The van der Waals surface area contributed by atoms with Crippen LogP contribution in [0.2, 0.25) is 0 Å². The van der Waals surface area contributed by atoms with Gasteiger partial charge in [0.05, 0.1) is 6.67 Å². The fourth-order valence-corrected chi connectivity index (χ4v) is 1.28. The summed E-state index contributed by atoms with van der Waals surface area (Å²) < 4.78 is 29.0. The molecule has 106 valence electrons. The predicted molar refractivity (Wildman–Crippen MR) is 60.9 cm³/mol. The van der Waals surface area contributed by atoms with Crippen molar-refractivity contribution in [2.24, 2.45) is 0 Å². The third kappa shape index (κ3) is 12.7. The van der Waals surface area contributed by atoms with Crippen LogP contribution in [0.4, 0.5) is 12.9 Å². The molecule has 0 spiro atoms. The monoisotopic (exact) mass is 270 g/mol. The van der Waals surface area contributed by atoms with Crippen molar-refractivity contribution in [1.29, 1.82) is 0 Å². The summed E-state index contributed by atoms with van der Waals surface area (Å²) in [6.07, 6.45) is 5.13. The summed E-state index contributed by atoms with van der Waals surface area (Å²) in [5.41, 5.74) is 0. The molecule has 1 N–H and O–H groups in total. The second-order valence-corrected chi connectivity index (χ2v) is 3.59. The minimum Gasteiger partial charge on any atom is -1.00 e. The third-order valence-corrected chi connectivity index (χ3v) is 1.93. The van der Waals surface area contributed by atoms with Gasteiger partial charge in [0.2, 0.25) is 5.91 Å². The maximum absolute atomic E-state index is 10.5. The van der Waals surface area contributed by atoms with E-state index in [1.54, 1.807) is 6.92 Å². The van der Waals surface area contributed by atoms with E-state index in [2.05, 4.69) is 27.5 Å². The molecule has 0 aromatic heterocycles. The molecular formula is C9H17BF4N3O-. The summed E-state index contributed by atoms with van der Waals surface area (Å²) >= 11 is 0. The average Bonchev–Trinajstić information content (AvgIpc) is 2.58. The smallest absolute Gasteiger partial charge is 0.762 e. The summed E-state index contributed by atoms with van der Waals surface area (Å²) in [5.74, 6) is 0.0501. The second-order valence-electron chi connectivity index (χ2n) is 3.59. The van der Waals surface area contributed by atoms with E-state index in [-0.39, 0.29) is 10.6 Å². The van der Waals surface area contributed by atoms with Crippen LogP contribution in [0.5, 0.6) is 0 Å². The number of amides is 1. The van der Waals surface area contributed by atoms with E-state index in [9.17, 15) is 17.7 Å². The van der Waals surface area contributed by atoms with E-state index in [4.69, 9.17) is 0 Å². The molecule has 0 unspecified atom stereocenters. The molecule has 0 aromatic rings. The van der Waals surface area contributed by atoms with Crippen LogP contribution in [0.3, 0.4) is 0 Å². The number of nitrogens with one attached hydrogen (secondary N) is 1. The summed E-state index contributed by atoms with van der Waals surface area (Å²) in [7, 11) is -1.62. The van der Waals surface area contributed by atoms with E-state index in [1.807, 2.05) is 7.05 Å². The number of halogens is 4. The molecule has 0 fully saturated rings. The highest BCUT2D eigenvalue weighted by molar-refractivity contribution is 6.33. The van der Waals surface area contributed by atoms with Gasteiger partial charge in [0.15, 0.2) is 0 Å². The molecule has 9 heteroatoms. The van der Waals surface area contributed by atoms with Gasteiger partial charge in [-0.1, -0.05) is 0 Å². The normalized spacial score (nSPS) is 12.5. The Balaban J connectivity index is 0. The Kier molecular flexibility index (Phi) is 11.3. The first-order valence-corrected chi connectivity index (χ1v) is 5.21. The van der Waals surface area contributed by atoms with Crippen molar-refractivity contribution >= 4 is 13.5 Å². The molecule has 0 atom stereocenters. The molecule has 0 saturated heterocycles. The highest BCUT2D eigenvalue weighted by atomic mass is 19.4. The molecule has 0 saturated carbocycles. The average molecular weight is 270 g/mol. The number of carbonyl (C=O) groups excluding carboxylic acids is 1. The van der Waals surface area contributed by atoms with Crippen LogP contribution in [0.1, 0.15) is 13.3 Å². The molecule has 4 nitrogen and oxygen atoms in total. The Morgan fingerprint density at radius 1 is 1.39 bits per heavy atom. The first kappa shape index (κ1) is 18.9. The maximum atomic E-state index is 10.5. The second kappa shape index (κ2) is 10.7. The number of nitrogens with zero attached hydrogens (tertiary/aromatic N) is 2. The van der Waals surface area contributed by atoms with Crippen LogP contribution in [0, 0.1) is 0 Å². The third-order valence-electron chi connectivity index (χ3n) is 1.93. The predicted octanol–water partition coefficient (Wildman–Crippen LogP) is -1.93. The number of hydrogen-bond donors (Lipinski definition) is 1. The van der Waals surface area contributed by atoms with Crippen LogP contribution < -0.4 is 10.0 Å². The van der Waals surface area contributed by atoms with E-state index < -0.39 is 7.54 Å². The molecule has 1 rings (SSSR count). The van der Waals surface area contributed by atoms with Crippen LogP contribution >= 0.6 is 0 Å². The van der Waals surface area contributed by atoms with Crippen molar-refractivity contribution < 1.29 is 22.4 Å². The Labute approximate surface area is 104 Å². The quantitative estimate of drug-likeness (QED) is 0.367. The van der Waals surface area contributed by atoms with Crippen molar-refractivity contribution in [1.82, 2.24) is 15.1 Å². The van der Waals surface area contributed by atoms with Crippen LogP contribution in [-0.4, -0.2) is 50.1 Å². The minimum absolute atomic E-state index is 0. The Bertz CT molecular complexity index is 253. The molecule has 1 heterocycles. The molecule has 18 heavy (non-hydrogen) atoms. The number of rotatable bonds is 4. The SMILES string of the molecule is CC(=O)NCCCN1C=CN(C)C1.FB(F)F.[F-]. The van der Waals surface area contributed by atoms with Gasteiger partial charge in [-0.2, -0.15) is 0 Å². The fraction of sp³-hybridized carbons (Fsp3) is 0.667. The summed E-state index contributed by atoms with van der Waals surface area (Å²) in [4.78, 5) is 14.9. The Hall–Kier alpha value is -1.41. The molecule has 1 aliphatic heterocycles. The molecule has 0 bridgehead atoms. The van der Waals surface area contributed by atoms with Gasteiger partial charge < -0.3 is 19.8 Å². The molecule has 0 aliphatic carbocycles. The first-order chi connectivity index (χ1) is 7.91. The highest BCUT2D eigenvalue weighted by Gasteiger charge is 2.07. The van der Waals surface area contributed by atoms with Crippen LogP contribution in [-0.2, 0) is 4.79 Å². The van der Waals surface area contributed by atoms with Crippen molar-refractivity contribution in [3.05, 3.63) is 12.4 Å². The lowest BCUT2D eigenvalue weighted by atomic mass is 10.4. The van der Waals surface area contributed by atoms with Gasteiger partial charge in [-0.05, 0) is 6.42 Å². The molecule has 0 radical (unpaired) electrons. The van der Waals surface area contributed by atoms with Gasteiger partial charge in [0.1, 0.15) is 0 Å². The largest absolute Gasteiger partial charge is 1.00 e. The zero-order valence-corrected chi connectivity index (χ0v) is 10.4. The lowest BCUT2D eigenvalue weighted by Gasteiger charge is -2.17. The van der Waals surface area contributed by atoms with E-state index in [1.165, 1.54) is 0 Å². The summed E-state index contributed by atoms with van der Waals surface area (Å²) in [6, 6.07) is 0. The summed E-state index contributed by atoms with van der Waals surface area (Å²) in [6.45, 7) is 4.27. The maximum Gasteiger partial charge on any atom is 0.762 e. The highest BCUT2D eigenvalue weighted by Crippen LogP contribution is 2.03. The van der Waals surface area contributed by atoms with E-state index in [0.29, 0.717) is 0 Å². The molecule has 1 amide bonds. The lowest BCUT2D eigenvalue weighted by Crippen LogP contribution is -3.00. The summed E-state index contributed by atoms with van der Waals surface area (Å²) in [5, 5.41) is 2.78. The molecular weight excluding hydrogens is 253 g/mol. The Morgan fingerprint density at radius 2 is 1.94 bits per heavy atom. The molecule has 0 aromatic carbocycles. The van der Waals surface area contributed by atoms with Crippen molar-refractivity contribution in [3.8, 4) is 0 Å². The van der Waals surface area contributed by atoms with Crippen molar-refractivity contribution in [2.75, 3.05) is 26.8 Å². The zero-order chi connectivity index (χ0) is 13.3. The van der Waals surface area contributed by atoms with Gasteiger partial charge in [-0.25, -0.2) is 0 Å². The van der Waals surface area contributed by atoms with E-state index in [0.717, 1.165) is 26.2 Å². The van der Waals surface area contributed by atoms with Gasteiger partial charge >= 0.3 is 7.54 Å². The fourth-order valence-electron chi connectivity index (χ4n) is 1.28. The number of hydrogen-bond acceptors (Lipinski definition) is 3.